The molecule has 0 aliphatic rings. The molecule has 0 spiro atoms. The number of aromatic nitrogens is 4. The number of aryl methyl sites for hydroxylation is 1. The van der Waals surface area contributed by atoms with Crippen LogP contribution in [0.25, 0.3) is 11.0 Å². The number of anilines is 1. The van der Waals surface area contributed by atoms with E-state index in [9.17, 15) is 14.4 Å². The van der Waals surface area contributed by atoms with Crippen LogP contribution in [-0.4, -0.2) is 56.3 Å². The monoisotopic (exact) mass is 414 g/mol. The summed E-state index contributed by atoms with van der Waals surface area (Å²) in [5.41, 5.74) is 1.61. The van der Waals surface area contributed by atoms with Crippen LogP contribution in [-0.2, 0) is 16.0 Å². The number of nitrogens with one attached hydrogen (secondary N) is 3. The number of hydrogen-bond acceptors (Lipinski definition) is 8. The zero-order chi connectivity index (χ0) is 20.8. The predicted molar refractivity (Wildman–Crippen MR) is 106 cm³/mol. The van der Waals surface area contributed by atoms with Crippen LogP contribution in [0.15, 0.2) is 34.6 Å². The number of fused-ring (bicyclic) bond motifs is 1. The standard InChI is InChI=1S/C18H18N6O4S/c1-2-12-11(9-25)15-16(21-7-13(26)20-8-14(27)28)23-18(24-17(15)22-12)29-10-4-3-5-19-6-10/h3-6,9H,2,7-8H2,1H3,(H,20,26)(H,27,28)(H2,21,22,23,24). The van der Waals surface area contributed by atoms with Gasteiger partial charge in [0.15, 0.2) is 11.4 Å². The van der Waals surface area contributed by atoms with E-state index in [2.05, 4.69) is 30.6 Å². The molecule has 10 nitrogen and oxygen atoms in total. The fourth-order valence-electron chi connectivity index (χ4n) is 2.64. The highest BCUT2D eigenvalue weighted by Crippen LogP contribution is 2.31. The zero-order valence-corrected chi connectivity index (χ0v) is 16.2. The summed E-state index contributed by atoms with van der Waals surface area (Å²) in [6.45, 7) is 1.22. The quantitative estimate of drug-likeness (QED) is 0.302. The molecule has 0 radical (unpaired) electrons. The molecule has 0 saturated carbocycles. The second kappa shape index (κ2) is 9.15. The molecule has 4 N–H and O–H groups in total. The van der Waals surface area contributed by atoms with Gasteiger partial charge in [0.05, 0.1) is 11.9 Å². The minimum absolute atomic E-state index is 0.207. The van der Waals surface area contributed by atoms with Gasteiger partial charge in [-0.05, 0) is 30.3 Å². The topological polar surface area (TPSA) is 150 Å². The van der Waals surface area contributed by atoms with Crippen molar-refractivity contribution < 1.29 is 19.5 Å². The van der Waals surface area contributed by atoms with Crippen molar-refractivity contribution in [2.45, 2.75) is 23.4 Å². The molecule has 0 saturated heterocycles. The van der Waals surface area contributed by atoms with Gasteiger partial charge in [-0.2, -0.15) is 0 Å². The third kappa shape index (κ3) is 4.88. The Hall–Kier alpha value is -3.47. The van der Waals surface area contributed by atoms with Crippen molar-refractivity contribution in [3.05, 3.63) is 35.8 Å². The predicted octanol–water partition coefficient (Wildman–Crippen LogP) is 1.49. The number of carbonyl (C=O) groups excluding carboxylic acids is 2. The van der Waals surface area contributed by atoms with Crippen LogP contribution in [0.5, 0.6) is 0 Å². The summed E-state index contributed by atoms with van der Waals surface area (Å²) in [4.78, 5) is 51.1. The van der Waals surface area contributed by atoms with E-state index in [1.54, 1.807) is 18.5 Å². The maximum atomic E-state index is 11.9. The van der Waals surface area contributed by atoms with Crippen LogP contribution in [0.3, 0.4) is 0 Å². The van der Waals surface area contributed by atoms with Crippen molar-refractivity contribution in [3.8, 4) is 0 Å². The number of aldehydes is 1. The van der Waals surface area contributed by atoms with Gasteiger partial charge in [-0.3, -0.25) is 19.4 Å². The number of hydrogen-bond donors (Lipinski definition) is 4. The third-order valence-corrected chi connectivity index (χ3v) is 4.76. The van der Waals surface area contributed by atoms with E-state index in [1.165, 1.54) is 11.8 Å². The van der Waals surface area contributed by atoms with E-state index >= 15 is 0 Å². The Bertz CT molecular complexity index is 1050. The molecule has 3 aromatic rings. The summed E-state index contributed by atoms with van der Waals surface area (Å²) in [6.07, 6.45) is 4.65. The van der Waals surface area contributed by atoms with Crippen molar-refractivity contribution in [2.75, 3.05) is 18.4 Å². The number of carboxylic acids is 1. The first-order valence-corrected chi connectivity index (χ1v) is 9.51. The molecule has 3 aromatic heterocycles. The van der Waals surface area contributed by atoms with Gasteiger partial charge in [-0.25, -0.2) is 9.97 Å². The Labute approximate surface area is 169 Å². The fraction of sp³-hybridized carbons (Fsp3) is 0.222. The lowest BCUT2D eigenvalue weighted by Crippen LogP contribution is -2.34. The van der Waals surface area contributed by atoms with Gasteiger partial charge >= 0.3 is 5.97 Å². The van der Waals surface area contributed by atoms with Gasteiger partial charge in [0.25, 0.3) is 0 Å². The maximum absolute atomic E-state index is 11.9. The molecule has 0 bridgehead atoms. The Morgan fingerprint density at radius 1 is 1.31 bits per heavy atom. The molecule has 1 amide bonds. The van der Waals surface area contributed by atoms with Crippen LogP contribution >= 0.6 is 11.8 Å². The van der Waals surface area contributed by atoms with Crippen molar-refractivity contribution in [1.29, 1.82) is 0 Å². The summed E-state index contributed by atoms with van der Waals surface area (Å²) in [6, 6.07) is 3.65. The Kier molecular flexibility index (Phi) is 6.39. The number of pyridine rings is 1. The molecule has 0 fully saturated rings. The molecule has 0 aliphatic carbocycles. The number of carboxylic acid groups (broad SMARTS) is 1. The average molecular weight is 414 g/mol. The highest BCUT2D eigenvalue weighted by molar-refractivity contribution is 7.99. The summed E-state index contributed by atoms with van der Waals surface area (Å²) >= 11 is 1.28. The summed E-state index contributed by atoms with van der Waals surface area (Å²) in [5, 5.41) is 14.7. The highest BCUT2D eigenvalue weighted by Gasteiger charge is 2.18. The average Bonchev–Trinajstić information content (AvgIpc) is 3.09. The Balaban J connectivity index is 1.95. The molecule has 0 unspecified atom stereocenters. The van der Waals surface area contributed by atoms with E-state index in [0.29, 0.717) is 39.7 Å². The summed E-state index contributed by atoms with van der Waals surface area (Å²) in [5.74, 6) is -1.34. The van der Waals surface area contributed by atoms with Gasteiger partial charge in [0.1, 0.15) is 18.0 Å². The maximum Gasteiger partial charge on any atom is 0.322 e. The van der Waals surface area contributed by atoms with Crippen molar-refractivity contribution in [1.82, 2.24) is 25.3 Å². The number of aromatic amines is 1. The van der Waals surface area contributed by atoms with Gasteiger partial charge < -0.3 is 20.7 Å². The second-order valence-corrected chi connectivity index (χ2v) is 6.92. The minimum Gasteiger partial charge on any atom is -0.480 e. The zero-order valence-electron chi connectivity index (χ0n) is 15.4. The fourth-order valence-corrected chi connectivity index (χ4v) is 3.39. The van der Waals surface area contributed by atoms with Crippen LogP contribution in [0.4, 0.5) is 5.82 Å². The van der Waals surface area contributed by atoms with Crippen LogP contribution < -0.4 is 10.6 Å². The largest absolute Gasteiger partial charge is 0.480 e. The normalized spacial score (nSPS) is 10.7. The number of amides is 1. The van der Waals surface area contributed by atoms with E-state index in [-0.39, 0.29) is 6.54 Å². The first kappa shape index (κ1) is 20.3. The lowest BCUT2D eigenvalue weighted by Gasteiger charge is -2.09. The lowest BCUT2D eigenvalue weighted by atomic mass is 10.1. The molecule has 3 heterocycles. The molecule has 29 heavy (non-hydrogen) atoms. The van der Waals surface area contributed by atoms with Crippen LogP contribution in [0, 0.1) is 0 Å². The first-order valence-electron chi connectivity index (χ1n) is 8.69. The molecule has 0 aromatic carbocycles. The molecule has 0 atom stereocenters. The number of rotatable bonds is 9. The number of H-pyrrole nitrogens is 1. The number of carbonyl (C=O) groups is 3. The van der Waals surface area contributed by atoms with E-state index in [4.69, 9.17) is 5.11 Å². The smallest absolute Gasteiger partial charge is 0.322 e. The molecule has 150 valence electrons. The van der Waals surface area contributed by atoms with E-state index in [1.807, 2.05) is 13.0 Å². The third-order valence-electron chi connectivity index (χ3n) is 3.92. The SMILES string of the molecule is CCc1[nH]c2nc(Sc3cccnc3)nc(NCC(=O)NCC(=O)O)c2c1C=O. The second-order valence-electron chi connectivity index (χ2n) is 5.88. The number of aliphatic carboxylic acids is 1. The lowest BCUT2D eigenvalue weighted by molar-refractivity contribution is -0.137. The first-order chi connectivity index (χ1) is 14.0. The summed E-state index contributed by atoms with van der Waals surface area (Å²) in [7, 11) is 0. The molecular formula is C18H18N6O4S. The van der Waals surface area contributed by atoms with E-state index in [0.717, 1.165) is 11.2 Å². The minimum atomic E-state index is -1.14. The van der Waals surface area contributed by atoms with Gasteiger partial charge in [-0.15, -0.1) is 0 Å². The van der Waals surface area contributed by atoms with Gasteiger partial charge in [-0.1, -0.05) is 6.92 Å². The molecular weight excluding hydrogens is 396 g/mol. The number of nitrogens with zero attached hydrogens (tertiary/aromatic N) is 3. The molecule has 11 heteroatoms. The Morgan fingerprint density at radius 2 is 2.14 bits per heavy atom. The van der Waals surface area contributed by atoms with Crippen molar-refractivity contribution in [2.24, 2.45) is 0 Å². The van der Waals surface area contributed by atoms with Gasteiger partial charge in [0, 0.05) is 28.5 Å². The van der Waals surface area contributed by atoms with Crippen LogP contribution in [0.2, 0.25) is 0 Å². The summed E-state index contributed by atoms with van der Waals surface area (Å²) < 4.78 is 0. The van der Waals surface area contributed by atoms with E-state index < -0.39 is 18.4 Å². The van der Waals surface area contributed by atoms with Crippen molar-refractivity contribution >= 4 is 46.8 Å². The van der Waals surface area contributed by atoms with Crippen LogP contribution in [0.1, 0.15) is 23.0 Å². The molecule has 3 rings (SSSR count). The van der Waals surface area contributed by atoms with Gasteiger partial charge in [0.2, 0.25) is 5.91 Å². The van der Waals surface area contributed by atoms with Crippen molar-refractivity contribution in [3.63, 3.8) is 0 Å². The highest BCUT2D eigenvalue weighted by atomic mass is 32.2. The Morgan fingerprint density at radius 3 is 2.79 bits per heavy atom. The molecule has 0 aliphatic heterocycles.